The number of amides is 2. The number of piperazine rings is 1. The van der Waals surface area contributed by atoms with Gasteiger partial charge >= 0.3 is 0 Å². The van der Waals surface area contributed by atoms with Gasteiger partial charge in [-0.15, -0.1) is 0 Å². The quantitative estimate of drug-likeness (QED) is 0.832. The van der Waals surface area contributed by atoms with E-state index < -0.39 is 0 Å². The fraction of sp³-hybridized carbons (Fsp3) is 0.500. The van der Waals surface area contributed by atoms with E-state index in [0.29, 0.717) is 44.8 Å². The second-order valence-electron chi connectivity index (χ2n) is 8.16. The van der Waals surface area contributed by atoms with Crippen molar-refractivity contribution in [1.82, 2.24) is 29.9 Å². The molecule has 0 atom stereocenters. The van der Waals surface area contributed by atoms with Gasteiger partial charge in [0.2, 0.25) is 5.91 Å². The summed E-state index contributed by atoms with van der Waals surface area (Å²) in [6.45, 7) is 9.57. The summed E-state index contributed by atoms with van der Waals surface area (Å²) >= 11 is 0. The first-order valence-corrected chi connectivity index (χ1v) is 9.54. The minimum atomic E-state index is -0.227. The molecule has 0 unspecified atom stereocenters. The molecular weight excluding hydrogens is 356 g/mol. The Morgan fingerprint density at radius 2 is 1.75 bits per heavy atom. The first kappa shape index (κ1) is 20.0. The summed E-state index contributed by atoms with van der Waals surface area (Å²) in [4.78, 5) is 32.7. The second-order valence-corrected chi connectivity index (χ2v) is 8.16. The molecule has 8 heteroatoms. The minimum absolute atomic E-state index is 0.0234. The molecule has 2 heterocycles. The van der Waals surface area contributed by atoms with Gasteiger partial charge in [-0.3, -0.25) is 14.5 Å². The highest BCUT2D eigenvalue weighted by Gasteiger charge is 2.24. The smallest absolute Gasteiger partial charge is 0.253 e. The van der Waals surface area contributed by atoms with E-state index in [1.165, 1.54) is 6.33 Å². The predicted octanol–water partition coefficient (Wildman–Crippen LogP) is 0.999. The van der Waals surface area contributed by atoms with Gasteiger partial charge in [0.25, 0.3) is 5.91 Å². The summed E-state index contributed by atoms with van der Waals surface area (Å²) in [7, 11) is 0. The molecule has 0 radical (unpaired) electrons. The molecule has 0 bridgehead atoms. The molecular formula is C20H28N6O2. The van der Waals surface area contributed by atoms with Gasteiger partial charge in [-0.25, -0.2) is 9.67 Å². The van der Waals surface area contributed by atoms with Crippen LogP contribution >= 0.6 is 0 Å². The molecule has 2 amide bonds. The van der Waals surface area contributed by atoms with Gasteiger partial charge in [-0.2, -0.15) is 5.10 Å². The number of nitrogens with zero attached hydrogens (tertiary/aromatic N) is 5. The maximum Gasteiger partial charge on any atom is 0.253 e. The van der Waals surface area contributed by atoms with Gasteiger partial charge in [0.15, 0.2) is 0 Å². The molecule has 0 spiro atoms. The Bertz CT molecular complexity index is 787. The zero-order valence-electron chi connectivity index (χ0n) is 16.8. The van der Waals surface area contributed by atoms with Gasteiger partial charge < -0.3 is 10.2 Å². The van der Waals surface area contributed by atoms with Crippen molar-refractivity contribution in [1.29, 1.82) is 0 Å². The van der Waals surface area contributed by atoms with Gasteiger partial charge in [-0.1, -0.05) is 12.1 Å². The van der Waals surface area contributed by atoms with Gasteiger partial charge in [0.1, 0.15) is 12.7 Å². The van der Waals surface area contributed by atoms with E-state index in [-0.39, 0.29) is 17.4 Å². The fourth-order valence-corrected chi connectivity index (χ4v) is 3.21. The van der Waals surface area contributed by atoms with E-state index >= 15 is 0 Å². The summed E-state index contributed by atoms with van der Waals surface area (Å²) < 4.78 is 1.74. The number of hydrogen-bond donors (Lipinski definition) is 1. The highest BCUT2D eigenvalue weighted by atomic mass is 16.2. The minimum Gasteiger partial charge on any atom is -0.350 e. The SMILES string of the molecule is CC(C)(C)NC(=O)CN1CCN(C(=O)c2ccc(Cn3cncn3)cc2)CC1. The largest absolute Gasteiger partial charge is 0.350 e. The molecule has 28 heavy (non-hydrogen) atoms. The Morgan fingerprint density at radius 3 is 2.32 bits per heavy atom. The lowest BCUT2D eigenvalue weighted by Gasteiger charge is -2.35. The van der Waals surface area contributed by atoms with Crippen LogP contribution in [0.3, 0.4) is 0 Å². The van der Waals surface area contributed by atoms with Crippen LogP contribution in [0.5, 0.6) is 0 Å². The molecule has 0 aliphatic carbocycles. The van der Waals surface area contributed by atoms with E-state index in [9.17, 15) is 9.59 Å². The van der Waals surface area contributed by atoms with Crippen molar-refractivity contribution < 1.29 is 9.59 Å². The zero-order valence-corrected chi connectivity index (χ0v) is 16.8. The molecule has 1 aliphatic heterocycles. The number of rotatable bonds is 5. The van der Waals surface area contributed by atoms with Crippen LogP contribution in [0.1, 0.15) is 36.7 Å². The lowest BCUT2D eigenvalue weighted by molar-refractivity contribution is -0.124. The van der Waals surface area contributed by atoms with Crippen LogP contribution < -0.4 is 5.32 Å². The third kappa shape index (κ3) is 5.63. The number of aromatic nitrogens is 3. The molecule has 1 aromatic heterocycles. The summed E-state index contributed by atoms with van der Waals surface area (Å²) in [5.74, 6) is 0.0568. The van der Waals surface area contributed by atoms with E-state index in [1.54, 1.807) is 11.0 Å². The van der Waals surface area contributed by atoms with Crippen LogP contribution in [0.2, 0.25) is 0 Å². The highest BCUT2D eigenvalue weighted by Crippen LogP contribution is 2.11. The van der Waals surface area contributed by atoms with Crippen molar-refractivity contribution in [3.63, 3.8) is 0 Å². The maximum atomic E-state index is 12.7. The van der Waals surface area contributed by atoms with Crippen LogP contribution in [0, 0.1) is 0 Å². The van der Waals surface area contributed by atoms with E-state index in [2.05, 4.69) is 20.3 Å². The number of carbonyl (C=O) groups excluding carboxylic acids is 2. The van der Waals surface area contributed by atoms with Crippen LogP contribution in [0.4, 0.5) is 0 Å². The summed E-state index contributed by atoms with van der Waals surface area (Å²) in [6.07, 6.45) is 3.17. The van der Waals surface area contributed by atoms with Crippen molar-refractivity contribution in [2.45, 2.75) is 32.9 Å². The zero-order chi connectivity index (χ0) is 20.1. The van der Waals surface area contributed by atoms with Crippen molar-refractivity contribution in [3.05, 3.63) is 48.0 Å². The molecule has 0 saturated carbocycles. The molecule has 2 aromatic rings. The van der Waals surface area contributed by atoms with Crippen molar-refractivity contribution in [3.8, 4) is 0 Å². The standard InChI is InChI=1S/C20H28N6O2/c1-20(2,3)23-18(27)13-24-8-10-25(11-9-24)19(28)17-6-4-16(5-7-17)12-26-15-21-14-22-26/h4-7,14-15H,8-13H2,1-3H3,(H,23,27). The van der Waals surface area contributed by atoms with Crippen molar-refractivity contribution in [2.75, 3.05) is 32.7 Å². The Morgan fingerprint density at radius 1 is 1.07 bits per heavy atom. The van der Waals surface area contributed by atoms with E-state index in [1.807, 2.05) is 49.9 Å². The molecule has 1 N–H and O–H groups in total. The van der Waals surface area contributed by atoms with Gasteiger partial charge in [0.05, 0.1) is 13.1 Å². The molecule has 8 nitrogen and oxygen atoms in total. The Balaban J connectivity index is 1.49. The van der Waals surface area contributed by atoms with Crippen molar-refractivity contribution in [2.24, 2.45) is 0 Å². The van der Waals surface area contributed by atoms with E-state index in [0.717, 1.165) is 5.56 Å². The second kappa shape index (κ2) is 8.52. The first-order chi connectivity index (χ1) is 13.3. The van der Waals surface area contributed by atoms with Crippen LogP contribution in [0.15, 0.2) is 36.9 Å². The third-order valence-corrected chi connectivity index (χ3v) is 4.55. The van der Waals surface area contributed by atoms with Crippen LogP contribution in [0.25, 0.3) is 0 Å². The maximum absolute atomic E-state index is 12.7. The monoisotopic (exact) mass is 384 g/mol. The van der Waals surface area contributed by atoms with E-state index in [4.69, 9.17) is 0 Å². The molecule has 150 valence electrons. The number of carbonyl (C=O) groups is 2. The van der Waals surface area contributed by atoms with Gasteiger partial charge in [-0.05, 0) is 38.5 Å². The normalized spacial score (nSPS) is 15.5. The third-order valence-electron chi connectivity index (χ3n) is 4.55. The summed E-state index contributed by atoms with van der Waals surface area (Å²) in [5, 5.41) is 7.06. The Labute approximate surface area is 165 Å². The average Bonchev–Trinajstić information content (AvgIpc) is 3.14. The molecule has 1 saturated heterocycles. The van der Waals surface area contributed by atoms with Crippen LogP contribution in [-0.4, -0.2) is 74.6 Å². The molecule has 1 aliphatic rings. The summed E-state index contributed by atoms with van der Waals surface area (Å²) in [6, 6.07) is 7.61. The first-order valence-electron chi connectivity index (χ1n) is 9.54. The number of benzene rings is 1. The van der Waals surface area contributed by atoms with Gasteiger partial charge in [0, 0.05) is 37.3 Å². The summed E-state index contributed by atoms with van der Waals surface area (Å²) in [5.41, 5.74) is 1.52. The lowest BCUT2D eigenvalue weighted by atomic mass is 10.1. The van der Waals surface area contributed by atoms with Crippen LogP contribution in [-0.2, 0) is 11.3 Å². The van der Waals surface area contributed by atoms with Crippen molar-refractivity contribution >= 4 is 11.8 Å². The molecule has 1 fully saturated rings. The predicted molar refractivity (Wildman–Crippen MR) is 106 cm³/mol. The number of nitrogens with one attached hydrogen (secondary N) is 1. The molecule has 1 aromatic carbocycles. The molecule has 3 rings (SSSR count). The highest BCUT2D eigenvalue weighted by molar-refractivity contribution is 5.94. The lowest BCUT2D eigenvalue weighted by Crippen LogP contribution is -2.52. The Kier molecular flexibility index (Phi) is 6.08. The number of hydrogen-bond acceptors (Lipinski definition) is 5. The Hall–Kier alpha value is -2.74. The average molecular weight is 384 g/mol. The fourth-order valence-electron chi connectivity index (χ4n) is 3.21. The topological polar surface area (TPSA) is 83.4 Å².